The molecule has 17 heavy (non-hydrogen) atoms. The average Bonchev–Trinajstić information content (AvgIpc) is 2.88. The van der Waals surface area contributed by atoms with Crippen molar-refractivity contribution in [1.29, 1.82) is 0 Å². The summed E-state index contributed by atoms with van der Waals surface area (Å²) in [5.41, 5.74) is 0. The third-order valence-electron chi connectivity index (χ3n) is 2.93. The van der Waals surface area contributed by atoms with Gasteiger partial charge in [0, 0.05) is 12.6 Å². The molecule has 1 N–H and O–H groups in total. The molecular weight excluding hydrogens is 277 g/mol. The molecule has 1 aliphatic heterocycles. The molecule has 1 aromatic heterocycles. The fourth-order valence-corrected chi connectivity index (χ4v) is 3.15. The van der Waals surface area contributed by atoms with Crippen molar-refractivity contribution in [3.63, 3.8) is 0 Å². The Morgan fingerprint density at radius 3 is 3.00 bits per heavy atom. The van der Waals surface area contributed by atoms with Gasteiger partial charge in [-0.15, -0.1) is 23.7 Å². The highest BCUT2D eigenvalue weighted by molar-refractivity contribution is 7.15. The highest BCUT2D eigenvalue weighted by Crippen LogP contribution is 2.21. The Balaban J connectivity index is 0.00000144. The lowest BCUT2D eigenvalue weighted by Crippen LogP contribution is -2.36. The van der Waals surface area contributed by atoms with E-state index in [2.05, 4.69) is 22.1 Å². The van der Waals surface area contributed by atoms with E-state index in [4.69, 9.17) is 11.6 Å². The van der Waals surface area contributed by atoms with Gasteiger partial charge in [0.05, 0.1) is 12.7 Å². The Labute approximate surface area is 118 Å². The quantitative estimate of drug-likeness (QED) is 0.905. The summed E-state index contributed by atoms with van der Waals surface area (Å²) in [5, 5.41) is 4.55. The van der Waals surface area contributed by atoms with Crippen molar-refractivity contribution in [2.75, 3.05) is 19.6 Å². The van der Waals surface area contributed by atoms with Crippen LogP contribution in [0.5, 0.6) is 0 Å². The smallest absolute Gasteiger partial charge is 0.113 e. The minimum absolute atomic E-state index is 0. The normalized spacial score (nSPS) is 19.6. The van der Waals surface area contributed by atoms with E-state index >= 15 is 0 Å². The molecule has 1 saturated heterocycles. The largest absolute Gasteiger partial charge is 0.315 e. The first-order valence-electron chi connectivity index (χ1n) is 5.84. The summed E-state index contributed by atoms with van der Waals surface area (Å²) in [6.07, 6.45) is 4.19. The van der Waals surface area contributed by atoms with E-state index in [1.807, 2.05) is 0 Å². The number of halogens is 2. The Kier molecular flexibility index (Phi) is 6.74. The maximum atomic E-state index is 5.91. The first-order chi connectivity index (χ1) is 7.79. The third-order valence-corrected chi connectivity index (χ3v) is 4.02. The molecule has 6 heteroatoms. The topological polar surface area (TPSA) is 28.2 Å². The zero-order chi connectivity index (χ0) is 11.4. The van der Waals surface area contributed by atoms with E-state index in [0.29, 0.717) is 6.04 Å². The second kappa shape index (κ2) is 7.54. The Bertz CT molecular complexity index is 326. The molecule has 1 aliphatic rings. The van der Waals surface area contributed by atoms with E-state index in [1.165, 1.54) is 12.8 Å². The molecule has 0 bridgehead atoms. The van der Waals surface area contributed by atoms with Crippen molar-refractivity contribution in [1.82, 2.24) is 15.2 Å². The van der Waals surface area contributed by atoms with E-state index < -0.39 is 0 Å². The van der Waals surface area contributed by atoms with Crippen LogP contribution >= 0.6 is 35.3 Å². The molecule has 0 aromatic carbocycles. The number of nitrogens with zero attached hydrogens (tertiary/aromatic N) is 2. The fraction of sp³-hybridized carbons (Fsp3) is 0.727. The summed E-state index contributed by atoms with van der Waals surface area (Å²) < 4.78 is 0.788. The van der Waals surface area contributed by atoms with Gasteiger partial charge in [-0.1, -0.05) is 18.5 Å². The summed E-state index contributed by atoms with van der Waals surface area (Å²) in [5.74, 6) is 0. The number of hydrogen-bond donors (Lipinski definition) is 1. The van der Waals surface area contributed by atoms with E-state index in [-0.39, 0.29) is 12.4 Å². The van der Waals surface area contributed by atoms with Crippen molar-refractivity contribution in [2.45, 2.75) is 32.4 Å². The number of thiazole rings is 1. The van der Waals surface area contributed by atoms with Gasteiger partial charge in [0.25, 0.3) is 0 Å². The summed E-state index contributed by atoms with van der Waals surface area (Å²) in [7, 11) is 0. The van der Waals surface area contributed by atoms with Crippen LogP contribution in [0.2, 0.25) is 4.34 Å². The van der Waals surface area contributed by atoms with Crippen LogP contribution in [0, 0.1) is 0 Å². The maximum absolute atomic E-state index is 5.91. The van der Waals surface area contributed by atoms with Crippen molar-refractivity contribution in [3.8, 4) is 0 Å². The van der Waals surface area contributed by atoms with Crippen LogP contribution in [0.15, 0.2) is 6.20 Å². The van der Waals surface area contributed by atoms with Gasteiger partial charge in [0.1, 0.15) is 9.34 Å². The highest BCUT2D eigenvalue weighted by atomic mass is 35.5. The average molecular weight is 296 g/mol. The molecule has 0 aliphatic carbocycles. The van der Waals surface area contributed by atoms with Crippen LogP contribution in [0.25, 0.3) is 0 Å². The summed E-state index contributed by atoms with van der Waals surface area (Å²) in [6, 6.07) is 0.669. The molecule has 3 nitrogen and oxygen atoms in total. The van der Waals surface area contributed by atoms with Crippen LogP contribution in [0.1, 0.15) is 24.8 Å². The minimum atomic E-state index is 0. The van der Waals surface area contributed by atoms with E-state index in [9.17, 15) is 0 Å². The molecule has 98 valence electrons. The number of nitrogens with one attached hydrogen (secondary N) is 1. The van der Waals surface area contributed by atoms with Gasteiger partial charge in [-0.3, -0.25) is 4.90 Å². The van der Waals surface area contributed by atoms with E-state index in [1.54, 1.807) is 17.5 Å². The predicted octanol–water partition coefficient (Wildman–Crippen LogP) is 2.79. The second-order valence-electron chi connectivity index (χ2n) is 4.18. The molecule has 0 amide bonds. The second-order valence-corrected chi connectivity index (χ2v) is 5.92. The van der Waals surface area contributed by atoms with Crippen LogP contribution in [-0.4, -0.2) is 35.6 Å². The lowest BCUT2D eigenvalue weighted by molar-refractivity contribution is 0.199. The molecule has 0 radical (unpaired) electrons. The molecule has 2 rings (SSSR count). The molecule has 0 spiro atoms. The third kappa shape index (κ3) is 4.38. The monoisotopic (exact) mass is 295 g/mol. The van der Waals surface area contributed by atoms with Gasteiger partial charge in [-0.2, -0.15) is 0 Å². The summed E-state index contributed by atoms with van der Waals surface area (Å²) in [6.45, 7) is 6.56. The molecule has 1 aromatic rings. The minimum Gasteiger partial charge on any atom is -0.315 e. The molecule has 1 fully saturated rings. The lowest BCUT2D eigenvalue weighted by Gasteiger charge is -2.26. The molecular formula is C11H19Cl2N3S. The van der Waals surface area contributed by atoms with Gasteiger partial charge in [-0.25, -0.2) is 4.98 Å². The van der Waals surface area contributed by atoms with Gasteiger partial charge < -0.3 is 5.32 Å². The SMILES string of the molecule is CCCN(Cc1ncc(Cl)s1)C1CCNC1.Cl. The lowest BCUT2D eigenvalue weighted by atomic mass is 10.2. The zero-order valence-corrected chi connectivity index (χ0v) is 12.4. The van der Waals surface area contributed by atoms with Crippen molar-refractivity contribution in [3.05, 3.63) is 15.5 Å². The number of hydrogen-bond acceptors (Lipinski definition) is 4. The van der Waals surface area contributed by atoms with Gasteiger partial charge in [0.15, 0.2) is 0 Å². The standard InChI is InChI=1S/C11H18ClN3S.ClH/c1-2-5-15(9-3-4-13-6-9)8-11-14-7-10(12)16-11;/h7,9,13H,2-6,8H2,1H3;1H. The predicted molar refractivity (Wildman–Crippen MR) is 76.3 cm³/mol. The number of rotatable bonds is 5. The Morgan fingerprint density at radius 2 is 2.47 bits per heavy atom. The Hall–Kier alpha value is 0.130. The molecule has 2 heterocycles. The maximum Gasteiger partial charge on any atom is 0.113 e. The van der Waals surface area contributed by atoms with Gasteiger partial charge in [0.2, 0.25) is 0 Å². The summed E-state index contributed by atoms with van der Waals surface area (Å²) >= 11 is 7.50. The molecule has 1 unspecified atom stereocenters. The molecule has 1 atom stereocenters. The first kappa shape index (κ1) is 15.2. The summed E-state index contributed by atoms with van der Waals surface area (Å²) in [4.78, 5) is 6.86. The zero-order valence-electron chi connectivity index (χ0n) is 9.99. The highest BCUT2D eigenvalue weighted by Gasteiger charge is 2.22. The van der Waals surface area contributed by atoms with Crippen molar-refractivity contribution < 1.29 is 0 Å². The first-order valence-corrected chi connectivity index (χ1v) is 7.04. The van der Waals surface area contributed by atoms with Crippen LogP contribution < -0.4 is 5.32 Å². The molecule has 0 saturated carbocycles. The van der Waals surface area contributed by atoms with Crippen molar-refractivity contribution in [2.24, 2.45) is 0 Å². The van der Waals surface area contributed by atoms with Crippen molar-refractivity contribution >= 4 is 35.3 Å². The number of aromatic nitrogens is 1. The van der Waals surface area contributed by atoms with Crippen LogP contribution in [-0.2, 0) is 6.54 Å². The van der Waals surface area contributed by atoms with E-state index in [0.717, 1.165) is 35.5 Å². The van der Waals surface area contributed by atoms with Crippen LogP contribution in [0.3, 0.4) is 0 Å². The van der Waals surface area contributed by atoms with Crippen LogP contribution in [0.4, 0.5) is 0 Å². The van der Waals surface area contributed by atoms with Gasteiger partial charge in [-0.05, 0) is 25.9 Å². The van der Waals surface area contributed by atoms with Gasteiger partial charge >= 0.3 is 0 Å². The fourth-order valence-electron chi connectivity index (χ4n) is 2.16. The Morgan fingerprint density at radius 1 is 1.65 bits per heavy atom.